The first-order valence-electron chi connectivity index (χ1n) is 6.09. The lowest BCUT2D eigenvalue weighted by atomic mass is 9.95. The number of nitrogens with zero attached hydrogens (tertiary/aromatic N) is 2. The van der Waals surface area contributed by atoms with Gasteiger partial charge in [-0.2, -0.15) is 5.26 Å². The molecule has 1 aromatic rings. The van der Waals surface area contributed by atoms with Crippen molar-refractivity contribution in [2.75, 3.05) is 13.1 Å². The molecule has 0 saturated carbocycles. The Balaban J connectivity index is 2.18. The van der Waals surface area contributed by atoms with Crippen LogP contribution in [0.4, 0.5) is 0 Å². The van der Waals surface area contributed by atoms with Crippen LogP contribution in [0.1, 0.15) is 43.4 Å². The maximum Gasteiger partial charge on any atom is 0.0991 e. The van der Waals surface area contributed by atoms with Crippen LogP contribution in [0, 0.1) is 11.3 Å². The standard InChI is InChI=1S/C14H18N2/c1-2-16-10-4-3-5-14(16)13-8-6-12(11-15)7-9-13/h6-9,14H,2-5,10H2,1H3. The zero-order chi connectivity index (χ0) is 11.4. The Morgan fingerprint density at radius 1 is 1.31 bits per heavy atom. The maximum absolute atomic E-state index is 8.78. The molecule has 1 heterocycles. The Morgan fingerprint density at radius 3 is 2.69 bits per heavy atom. The average Bonchev–Trinajstić information content (AvgIpc) is 2.39. The fourth-order valence-electron chi connectivity index (χ4n) is 2.53. The lowest BCUT2D eigenvalue weighted by Crippen LogP contribution is -2.33. The van der Waals surface area contributed by atoms with E-state index in [2.05, 4.69) is 30.0 Å². The summed E-state index contributed by atoms with van der Waals surface area (Å²) in [5.74, 6) is 0. The molecule has 0 spiro atoms. The van der Waals surface area contributed by atoms with E-state index in [0.717, 1.165) is 12.1 Å². The molecule has 1 unspecified atom stereocenters. The van der Waals surface area contributed by atoms with E-state index in [4.69, 9.17) is 5.26 Å². The van der Waals surface area contributed by atoms with Crippen LogP contribution in [0.25, 0.3) is 0 Å². The first-order chi connectivity index (χ1) is 7.85. The number of likely N-dealkylation sites (tertiary alicyclic amines) is 1. The second-order valence-electron chi connectivity index (χ2n) is 4.37. The monoisotopic (exact) mass is 214 g/mol. The van der Waals surface area contributed by atoms with Crippen molar-refractivity contribution in [3.63, 3.8) is 0 Å². The highest BCUT2D eigenvalue weighted by Gasteiger charge is 2.22. The Hall–Kier alpha value is -1.33. The van der Waals surface area contributed by atoms with Crippen LogP contribution < -0.4 is 0 Å². The Kier molecular flexibility index (Phi) is 3.58. The number of nitriles is 1. The van der Waals surface area contributed by atoms with Gasteiger partial charge in [-0.3, -0.25) is 4.90 Å². The quantitative estimate of drug-likeness (QED) is 0.756. The summed E-state index contributed by atoms with van der Waals surface area (Å²) in [4.78, 5) is 2.53. The molecule has 2 nitrogen and oxygen atoms in total. The summed E-state index contributed by atoms with van der Waals surface area (Å²) < 4.78 is 0. The van der Waals surface area contributed by atoms with Gasteiger partial charge < -0.3 is 0 Å². The second kappa shape index (κ2) is 5.14. The molecular formula is C14H18N2. The molecule has 1 atom stereocenters. The molecule has 2 rings (SSSR count). The van der Waals surface area contributed by atoms with Gasteiger partial charge in [0.15, 0.2) is 0 Å². The topological polar surface area (TPSA) is 27.0 Å². The lowest BCUT2D eigenvalue weighted by molar-refractivity contribution is 0.157. The summed E-state index contributed by atoms with van der Waals surface area (Å²) in [6, 6.07) is 10.8. The zero-order valence-corrected chi connectivity index (χ0v) is 9.82. The van der Waals surface area contributed by atoms with Crippen molar-refractivity contribution in [1.29, 1.82) is 5.26 Å². The van der Waals surface area contributed by atoms with Gasteiger partial charge in [-0.05, 0) is 43.6 Å². The normalized spacial score (nSPS) is 21.6. The van der Waals surface area contributed by atoms with Crippen LogP contribution in [0.5, 0.6) is 0 Å². The Bertz CT molecular complexity index is 375. The molecule has 1 aliphatic heterocycles. The number of hydrogen-bond donors (Lipinski definition) is 0. The molecule has 1 saturated heterocycles. The van der Waals surface area contributed by atoms with Gasteiger partial charge in [0.2, 0.25) is 0 Å². The van der Waals surface area contributed by atoms with Gasteiger partial charge in [0, 0.05) is 6.04 Å². The van der Waals surface area contributed by atoms with Crippen LogP contribution in [0.3, 0.4) is 0 Å². The minimum atomic E-state index is 0.562. The largest absolute Gasteiger partial charge is 0.297 e. The molecule has 1 aliphatic rings. The minimum Gasteiger partial charge on any atom is -0.297 e. The molecule has 84 valence electrons. The highest BCUT2D eigenvalue weighted by Crippen LogP contribution is 2.30. The number of hydrogen-bond acceptors (Lipinski definition) is 2. The molecule has 16 heavy (non-hydrogen) atoms. The van der Waals surface area contributed by atoms with Gasteiger partial charge in [0.05, 0.1) is 11.6 Å². The van der Waals surface area contributed by atoms with Crippen LogP contribution in [0.2, 0.25) is 0 Å². The van der Waals surface area contributed by atoms with Crippen LogP contribution >= 0.6 is 0 Å². The fraction of sp³-hybridized carbons (Fsp3) is 0.500. The van der Waals surface area contributed by atoms with Crippen molar-refractivity contribution in [2.24, 2.45) is 0 Å². The van der Waals surface area contributed by atoms with Crippen molar-refractivity contribution in [3.8, 4) is 6.07 Å². The summed E-state index contributed by atoms with van der Waals surface area (Å²) in [5, 5.41) is 8.78. The zero-order valence-electron chi connectivity index (χ0n) is 9.82. The number of benzene rings is 1. The molecular weight excluding hydrogens is 196 g/mol. The molecule has 0 N–H and O–H groups in total. The number of rotatable bonds is 2. The van der Waals surface area contributed by atoms with E-state index < -0.39 is 0 Å². The van der Waals surface area contributed by atoms with Crippen molar-refractivity contribution in [2.45, 2.75) is 32.2 Å². The summed E-state index contributed by atoms with van der Waals surface area (Å²) in [6.45, 7) is 4.55. The summed E-state index contributed by atoms with van der Waals surface area (Å²) >= 11 is 0. The first-order valence-corrected chi connectivity index (χ1v) is 6.09. The molecule has 1 aromatic carbocycles. The predicted molar refractivity (Wildman–Crippen MR) is 65.0 cm³/mol. The lowest BCUT2D eigenvalue weighted by Gasteiger charge is -2.35. The molecule has 2 heteroatoms. The second-order valence-corrected chi connectivity index (χ2v) is 4.37. The van der Waals surface area contributed by atoms with Crippen LogP contribution in [0.15, 0.2) is 24.3 Å². The van der Waals surface area contributed by atoms with Crippen molar-refractivity contribution in [1.82, 2.24) is 4.90 Å². The molecule has 0 aliphatic carbocycles. The number of piperidine rings is 1. The Labute approximate surface area is 97.5 Å². The van der Waals surface area contributed by atoms with E-state index in [0.29, 0.717) is 6.04 Å². The van der Waals surface area contributed by atoms with Gasteiger partial charge in [-0.15, -0.1) is 0 Å². The molecule has 0 radical (unpaired) electrons. The first kappa shape index (κ1) is 11.2. The average molecular weight is 214 g/mol. The van der Waals surface area contributed by atoms with Crippen molar-refractivity contribution >= 4 is 0 Å². The highest BCUT2D eigenvalue weighted by molar-refractivity contribution is 5.33. The van der Waals surface area contributed by atoms with Crippen LogP contribution in [-0.4, -0.2) is 18.0 Å². The molecule has 0 amide bonds. The summed E-state index contributed by atoms with van der Waals surface area (Å²) in [6.07, 6.45) is 3.89. The third-order valence-corrected chi connectivity index (χ3v) is 3.44. The summed E-state index contributed by atoms with van der Waals surface area (Å²) in [5.41, 5.74) is 2.11. The van der Waals surface area contributed by atoms with Gasteiger partial charge >= 0.3 is 0 Å². The van der Waals surface area contributed by atoms with E-state index in [9.17, 15) is 0 Å². The smallest absolute Gasteiger partial charge is 0.0991 e. The highest BCUT2D eigenvalue weighted by atomic mass is 15.2. The van der Waals surface area contributed by atoms with E-state index in [1.54, 1.807) is 0 Å². The van der Waals surface area contributed by atoms with Gasteiger partial charge in [-0.25, -0.2) is 0 Å². The van der Waals surface area contributed by atoms with Crippen molar-refractivity contribution in [3.05, 3.63) is 35.4 Å². The van der Waals surface area contributed by atoms with Gasteiger partial charge in [0.1, 0.15) is 0 Å². The van der Waals surface area contributed by atoms with Gasteiger partial charge in [0.25, 0.3) is 0 Å². The van der Waals surface area contributed by atoms with E-state index in [1.807, 2.05) is 12.1 Å². The SMILES string of the molecule is CCN1CCCCC1c1ccc(C#N)cc1. The predicted octanol–water partition coefficient (Wildman–Crippen LogP) is 3.11. The van der Waals surface area contributed by atoms with Crippen molar-refractivity contribution < 1.29 is 0 Å². The molecule has 0 bridgehead atoms. The Morgan fingerprint density at radius 2 is 2.06 bits per heavy atom. The maximum atomic E-state index is 8.78. The van der Waals surface area contributed by atoms with Gasteiger partial charge in [-0.1, -0.05) is 25.5 Å². The molecule has 0 aromatic heterocycles. The summed E-state index contributed by atoms with van der Waals surface area (Å²) in [7, 11) is 0. The third kappa shape index (κ3) is 2.25. The van der Waals surface area contributed by atoms with E-state index >= 15 is 0 Å². The van der Waals surface area contributed by atoms with Crippen LogP contribution in [-0.2, 0) is 0 Å². The third-order valence-electron chi connectivity index (χ3n) is 3.44. The van der Waals surface area contributed by atoms with E-state index in [-0.39, 0.29) is 0 Å². The molecule has 1 fully saturated rings. The van der Waals surface area contributed by atoms with E-state index in [1.165, 1.54) is 31.4 Å². The fourth-order valence-corrected chi connectivity index (χ4v) is 2.53. The minimum absolute atomic E-state index is 0.562.